The summed E-state index contributed by atoms with van der Waals surface area (Å²) in [5.74, 6) is -0.0675. The zero-order chi connectivity index (χ0) is 8.06. The Morgan fingerprint density at radius 2 is 2.42 bits per heavy atom. The monoisotopic (exact) mass is 393 g/mol. The van der Waals surface area contributed by atoms with Crippen molar-refractivity contribution >= 4 is 0 Å². The molecule has 1 aliphatic carbocycles. The van der Waals surface area contributed by atoms with Gasteiger partial charge in [-0.1, -0.05) is 11.5 Å². The molecule has 0 aromatic heterocycles. The van der Waals surface area contributed by atoms with Gasteiger partial charge in [-0.3, -0.25) is 0 Å². The summed E-state index contributed by atoms with van der Waals surface area (Å²) < 4.78 is 5.19. The molecule has 3 atom stereocenters. The third kappa shape index (κ3) is 1.21. The number of aliphatic hydroxyl groups excluding tert-OH is 2. The van der Waals surface area contributed by atoms with Gasteiger partial charge < -0.3 is 14.9 Å². The van der Waals surface area contributed by atoms with Crippen LogP contribution in [0.4, 0.5) is 0 Å². The predicted molar refractivity (Wildman–Crippen MR) is 38.5 cm³/mol. The zero-order valence-corrected chi connectivity index (χ0v) is 10.8. The molecule has 2 bridgehead atoms. The maximum absolute atomic E-state index is 9.57. The number of hydrogen-bond acceptors (Lipinski definition) is 3. The number of ether oxygens (including phenoxy) is 1. The minimum atomic E-state index is -0.762. The van der Waals surface area contributed by atoms with Crippen LogP contribution in [0.1, 0.15) is 6.42 Å². The minimum absolute atomic E-state index is 0. The molecule has 1 heterocycles. The van der Waals surface area contributed by atoms with E-state index in [4.69, 9.17) is 9.84 Å². The number of rotatable bonds is 1. The van der Waals surface area contributed by atoms with E-state index < -0.39 is 11.7 Å². The van der Waals surface area contributed by atoms with E-state index in [1.54, 1.807) is 6.61 Å². The molecule has 66 valence electrons. The Balaban J connectivity index is 0.000000720. The molecular formula is C8H11O3U-. The van der Waals surface area contributed by atoms with Crippen molar-refractivity contribution in [3.8, 4) is 0 Å². The van der Waals surface area contributed by atoms with E-state index in [-0.39, 0.29) is 43.6 Å². The largest absolute Gasteiger partial charge is 0.543 e. The molecule has 1 aliphatic heterocycles. The first-order valence-electron chi connectivity index (χ1n) is 3.67. The second-order valence-electron chi connectivity index (χ2n) is 3.28. The smallest absolute Gasteiger partial charge is 0.0867 e. The normalized spacial score (nSPS) is 44.7. The molecule has 1 saturated heterocycles. The molecular weight excluding hydrogens is 382 g/mol. The van der Waals surface area contributed by atoms with E-state index in [1.165, 1.54) is 0 Å². The average molecular weight is 393 g/mol. The van der Waals surface area contributed by atoms with Gasteiger partial charge in [0.25, 0.3) is 0 Å². The van der Waals surface area contributed by atoms with Crippen LogP contribution in [0.2, 0.25) is 0 Å². The van der Waals surface area contributed by atoms with E-state index in [0.717, 1.165) is 5.57 Å². The Labute approximate surface area is 95.2 Å². The van der Waals surface area contributed by atoms with E-state index in [9.17, 15) is 5.11 Å². The van der Waals surface area contributed by atoms with Gasteiger partial charge >= 0.3 is 0 Å². The van der Waals surface area contributed by atoms with Gasteiger partial charge in [0.15, 0.2) is 0 Å². The van der Waals surface area contributed by atoms with Gasteiger partial charge in [0.05, 0.1) is 18.3 Å². The fourth-order valence-electron chi connectivity index (χ4n) is 1.83. The van der Waals surface area contributed by atoms with Crippen molar-refractivity contribution in [3.63, 3.8) is 0 Å². The van der Waals surface area contributed by atoms with Gasteiger partial charge in [-0.15, -0.1) is 6.58 Å². The van der Waals surface area contributed by atoms with Crippen LogP contribution < -0.4 is 0 Å². The third-order valence-corrected chi connectivity index (χ3v) is 2.59. The first-order valence-corrected chi connectivity index (χ1v) is 3.67. The second kappa shape index (κ2) is 3.44. The molecule has 2 fully saturated rings. The molecule has 2 aliphatic rings. The summed E-state index contributed by atoms with van der Waals surface area (Å²) >= 11 is 0. The third-order valence-electron chi connectivity index (χ3n) is 2.59. The van der Waals surface area contributed by atoms with Crippen molar-refractivity contribution in [1.82, 2.24) is 0 Å². The molecule has 0 aromatic carbocycles. The maximum Gasteiger partial charge on any atom is 0.0867 e. The van der Waals surface area contributed by atoms with Crippen molar-refractivity contribution in [3.05, 3.63) is 18.8 Å². The summed E-state index contributed by atoms with van der Waals surface area (Å²) in [6, 6.07) is 0. The molecule has 3 nitrogen and oxygen atoms in total. The summed E-state index contributed by atoms with van der Waals surface area (Å²) in [4.78, 5) is 0. The van der Waals surface area contributed by atoms with Crippen LogP contribution in [0.25, 0.3) is 0 Å². The molecule has 0 amide bonds. The van der Waals surface area contributed by atoms with Crippen molar-refractivity contribution < 1.29 is 46.1 Å². The predicted octanol–water partition coefficient (Wildman–Crippen LogP) is -0.154. The summed E-state index contributed by atoms with van der Waals surface area (Å²) in [6.07, 6.45) is -0.0220. The van der Waals surface area contributed by atoms with Gasteiger partial charge in [-0.25, -0.2) is 6.61 Å². The van der Waals surface area contributed by atoms with Crippen LogP contribution in [0, 0.1) is 43.6 Å². The van der Waals surface area contributed by atoms with Gasteiger partial charge in [0, 0.05) is 31.1 Å². The summed E-state index contributed by atoms with van der Waals surface area (Å²) in [6.45, 7) is 5.24. The molecule has 2 N–H and O–H groups in total. The Hall–Kier alpha value is 0.672. The Bertz CT molecular complexity index is 206. The van der Waals surface area contributed by atoms with Crippen LogP contribution in [0.3, 0.4) is 0 Å². The maximum atomic E-state index is 9.57. The zero-order valence-electron chi connectivity index (χ0n) is 6.66. The number of aliphatic hydroxyl groups is 2. The quantitative estimate of drug-likeness (QED) is 0.481. The van der Waals surface area contributed by atoms with E-state index in [1.807, 2.05) is 0 Å². The van der Waals surface area contributed by atoms with Gasteiger partial charge in [0.1, 0.15) is 0 Å². The molecule has 1 saturated carbocycles. The van der Waals surface area contributed by atoms with Crippen LogP contribution in [-0.2, 0) is 4.74 Å². The SMILES string of the molecule is C=C1C[C@@]2(CO)O[CH-][C@@H]1[C@H]2O.[U]. The Morgan fingerprint density at radius 1 is 1.75 bits per heavy atom. The topological polar surface area (TPSA) is 49.7 Å². The van der Waals surface area contributed by atoms with Crippen LogP contribution in [0.5, 0.6) is 0 Å². The Morgan fingerprint density at radius 3 is 2.67 bits per heavy atom. The van der Waals surface area contributed by atoms with Crippen molar-refractivity contribution in [1.29, 1.82) is 0 Å². The molecule has 0 spiro atoms. The molecule has 0 aromatic rings. The number of fused-ring (bicyclic) bond motifs is 2. The number of hydrogen-bond donors (Lipinski definition) is 2. The molecule has 2 rings (SSSR count). The van der Waals surface area contributed by atoms with Crippen molar-refractivity contribution in [2.45, 2.75) is 18.1 Å². The van der Waals surface area contributed by atoms with Crippen molar-refractivity contribution in [2.24, 2.45) is 5.92 Å². The van der Waals surface area contributed by atoms with Crippen LogP contribution in [-0.4, -0.2) is 28.5 Å². The minimum Gasteiger partial charge on any atom is -0.543 e. The van der Waals surface area contributed by atoms with E-state index >= 15 is 0 Å². The van der Waals surface area contributed by atoms with Crippen LogP contribution >= 0.6 is 0 Å². The fourth-order valence-corrected chi connectivity index (χ4v) is 1.83. The summed E-state index contributed by atoms with van der Waals surface area (Å²) in [7, 11) is 0. The molecule has 4 heteroatoms. The van der Waals surface area contributed by atoms with Gasteiger partial charge in [0.2, 0.25) is 0 Å². The second-order valence-corrected chi connectivity index (χ2v) is 3.28. The summed E-state index contributed by atoms with van der Waals surface area (Å²) in [5.41, 5.74) is 0.194. The first kappa shape index (κ1) is 10.8. The fraction of sp³-hybridized carbons (Fsp3) is 0.625. The Kier molecular flexibility index (Phi) is 3.08. The van der Waals surface area contributed by atoms with E-state index in [2.05, 4.69) is 6.58 Å². The average Bonchev–Trinajstić information content (AvgIpc) is 2.42. The van der Waals surface area contributed by atoms with E-state index in [0.29, 0.717) is 6.42 Å². The standard InChI is InChI=1S/C8H11O3.U/c1-5-2-8(4-9)7(10)6(5)3-11-8;/h3,6-7,9-10H,1-2,4H2;/q-1;/t6-,7+,8-;/m0./s1. The first-order chi connectivity index (χ1) is 5.19. The molecule has 0 radical (unpaired) electrons. The van der Waals surface area contributed by atoms with Crippen LogP contribution in [0.15, 0.2) is 12.2 Å². The summed E-state index contributed by atoms with van der Waals surface area (Å²) in [5, 5.41) is 18.6. The molecule has 0 unspecified atom stereocenters. The van der Waals surface area contributed by atoms with Gasteiger partial charge in [-0.05, 0) is 6.42 Å². The molecule has 12 heavy (non-hydrogen) atoms. The van der Waals surface area contributed by atoms with Gasteiger partial charge in [-0.2, -0.15) is 0 Å². The van der Waals surface area contributed by atoms with Crippen molar-refractivity contribution in [2.75, 3.05) is 6.61 Å².